The van der Waals surface area contributed by atoms with Gasteiger partial charge < -0.3 is 10.3 Å². The molecule has 0 spiro atoms. The highest BCUT2D eigenvalue weighted by Gasteiger charge is 2.28. The van der Waals surface area contributed by atoms with Gasteiger partial charge in [0.1, 0.15) is 12.4 Å². The van der Waals surface area contributed by atoms with Crippen LogP contribution < -0.4 is 5.73 Å². The molecule has 0 aliphatic rings. The van der Waals surface area contributed by atoms with Crippen molar-refractivity contribution in [2.75, 3.05) is 5.73 Å². The fourth-order valence-corrected chi connectivity index (χ4v) is 1.71. The Morgan fingerprint density at radius 3 is 2.61 bits per heavy atom. The molecule has 0 saturated carbocycles. The predicted octanol–water partition coefficient (Wildman–Crippen LogP) is 2.62. The standard InChI is InChI=1S/C12H12F3N3/c13-12(14,15)8-18-6-5-17-11(18)7-9-3-1-2-4-10(9)16/h1-6H,7-8,16H2. The second-order valence-electron chi connectivity index (χ2n) is 3.96. The molecule has 2 rings (SSSR count). The van der Waals surface area contributed by atoms with Crippen LogP contribution in [0.5, 0.6) is 0 Å². The van der Waals surface area contributed by atoms with Crippen LogP contribution in [0.3, 0.4) is 0 Å². The summed E-state index contributed by atoms with van der Waals surface area (Å²) in [5.74, 6) is 0.352. The van der Waals surface area contributed by atoms with Crippen LogP contribution in [-0.2, 0) is 13.0 Å². The number of imidazole rings is 1. The molecule has 0 bridgehead atoms. The first-order chi connectivity index (χ1) is 8.46. The molecule has 0 aliphatic carbocycles. The average Bonchev–Trinajstić information content (AvgIpc) is 2.67. The van der Waals surface area contributed by atoms with Gasteiger partial charge in [0.05, 0.1) is 0 Å². The van der Waals surface area contributed by atoms with E-state index >= 15 is 0 Å². The van der Waals surface area contributed by atoms with Gasteiger partial charge in [-0.05, 0) is 11.6 Å². The van der Waals surface area contributed by atoms with Gasteiger partial charge in [-0.2, -0.15) is 13.2 Å². The third kappa shape index (κ3) is 3.03. The van der Waals surface area contributed by atoms with Gasteiger partial charge in [0.2, 0.25) is 0 Å². The summed E-state index contributed by atoms with van der Waals surface area (Å²) in [6.45, 7) is -1.03. The monoisotopic (exact) mass is 255 g/mol. The highest BCUT2D eigenvalue weighted by Crippen LogP contribution is 2.20. The molecular weight excluding hydrogens is 243 g/mol. The molecule has 0 radical (unpaired) electrons. The zero-order valence-corrected chi connectivity index (χ0v) is 9.48. The van der Waals surface area contributed by atoms with Gasteiger partial charge in [0, 0.05) is 24.5 Å². The maximum atomic E-state index is 12.3. The normalized spacial score (nSPS) is 11.7. The largest absolute Gasteiger partial charge is 0.406 e. The zero-order chi connectivity index (χ0) is 13.2. The lowest BCUT2D eigenvalue weighted by Gasteiger charge is -2.11. The molecule has 0 atom stereocenters. The van der Waals surface area contributed by atoms with E-state index in [1.807, 2.05) is 0 Å². The molecule has 0 saturated heterocycles. The van der Waals surface area contributed by atoms with E-state index in [2.05, 4.69) is 4.98 Å². The Kier molecular flexibility index (Phi) is 3.27. The lowest BCUT2D eigenvalue weighted by molar-refractivity contribution is -0.141. The van der Waals surface area contributed by atoms with E-state index in [4.69, 9.17) is 5.73 Å². The Morgan fingerprint density at radius 2 is 1.94 bits per heavy atom. The fraction of sp³-hybridized carbons (Fsp3) is 0.250. The summed E-state index contributed by atoms with van der Waals surface area (Å²) in [5.41, 5.74) is 7.08. The average molecular weight is 255 g/mol. The molecule has 2 aromatic rings. The minimum absolute atomic E-state index is 0.287. The first kappa shape index (κ1) is 12.5. The lowest BCUT2D eigenvalue weighted by Crippen LogP contribution is -2.19. The van der Waals surface area contributed by atoms with Crippen LogP contribution in [-0.4, -0.2) is 15.7 Å². The topological polar surface area (TPSA) is 43.8 Å². The summed E-state index contributed by atoms with van der Waals surface area (Å²) in [7, 11) is 0. The third-order valence-corrected chi connectivity index (χ3v) is 2.55. The minimum atomic E-state index is -4.25. The molecule has 96 valence electrons. The van der Waals surface area contributed by atoms with Crippen LogP contribution in [0.1, 0.15) is 11.4 Å². The van der Waals surface area contributed by atoms with E-state index in [-0.39, 0.29) is 6.42 Å². The second kappa shape index (κ2) is 4.72. The Hall–Kier alpha value is -1.98. The van der Waals surface area contributed by atoms with Crippen molar-refractivity contribution in [3.8, 4) is 0 Å². The number of halogens is 3. The highest BCUT2D eigenvalue weighted by molar-refractivity contribution is 5.47. The van der Waals surface area contributed by atoms with Crippen LogP contribution in [0.15, 0.2) is 36.7 Å². The van der Waals surface area contributed by atoms with E-state index in [1.165, 1.54) is 12.4 Å². The Morgan fingerprint density at radius 1 is 1.22 bits per heavy atom. The molecule has 1 heterocycles. The van der Waals surface area contributed by atoms with Gasteiger partial charge in [0.15, 0.2) is 0 Å². The van der Waals surface area contributed by atoms with Crippen LogP contribution >= 0.6 is 0 Å². The zero-order valence-electron chi connectivity index (χ0n) is 9.48. The van der Waals surface area contributed by atoms with Gasteiger partial charge in [-0.3, -0.25) is 0 Å². The number of alkyl halides is 3. The van der Waals surface area contributed by atoms with Gasteiger partial charge >= 0.3 is 6.18 Å². The Balaban J connectivity index is 2.21. The number of para-hydroxylation sites is 1. The van der Waals surface area contributed by atoms with Crippen molar-refractivity contribution in [1.29, 1.82) is 0 Å². The summed E-state index contributed by atoms with van der Waals surface area (Å²) in [5, 5.41) is 0. The highest BCUT2D eigenvalue weighted by atomic mass is 19.4. The SMILES string of the molecule is Nc1ccccc1Cc1nccn1CC(F)(F)F. The van der Waals surface area contributed by atoms with Crippen molar-refractivity contribution in [1.82, 2.24) is 9.55 Å². The number of nitrogens with two attached hydrogens (primary N) is 1. The lowest BCUT2D eigenvalue weighted by atomic mass is 10.1. The summed E-state index contributed by atoms with van der Waals surface area (Å²) in [4.78, 5) is 3.94. The molecule has 0 aliphatic heterocycles. The molecule has 3 nitrogen and oxygen atoms in total. The number of anilines is 1. The van der Waals surface area contributed by atoms with Crippen molar-refractivity contribution in [3.05, 3.63) is 48.0 Å². The quantitative estimate of drug-likeness (QED) is 0.857. The van der Waals surface area contributed by atoms with E-state index in [0.29, 0.717) is 11.5 Å². The number of rotatable bonds is 3. The molecular formula is C12H12F3N3. The van der Waals surface area contributed by atoms with E-state index < -0.39 is 12.7 Å². The first-order valence-electron chi connectivity index (χ1n) is 5.36. The van der Waals surface area contributed by atoms with Crippen molar-refractivity contribution >= 4 is 5.69 Å². The smallest absolute Gasteiger partial charge is 0.398 e. The van der Waals surface area contributed by atoms with E-state index in [0.717, 1.165) is 10.1 Å². The van der Waals surface area contributed by atoms with Gasteiger partial charge in [-0.1, -0.05) is 18.2 Å². The maximum absolute atomic E-state index is 12.3. The summed E-state index contributed by atoms with van der Waals surface area (Å²) in [6.07, 6.45) is -1.28. The van der Waals surface area contributed by atoms with Crippen molar-refractivity contribution < 1.29 is 13.2 Å². The number of benzene rings is 1. The molecule has 18 heavy (non-hydrogen) atoms. The molecule has 0 unspecified atom stereocenters. The molecule has 1 aromatic carbocycles. The van der Waals surface area contributed by atoms with Gasteiger partial charge in [-0.25, -0.2) is 4.98 Å². The van der Waals surface area contributed by atoms with Crippen molar-refractivity contribution in [2.24, 2.45) is 0 Å². The Labute approximate surface area is 102 Å². The van der Waals surface area contributed by atoms with Gasteiger partial charge in [-0.15, -0.1) is 0 Å². The van der Waals surface area contributed by atoms with Crippen molar-refractivity contribution in [3.63, 3.8) is 0 Å². The predicted molar refractivity (Wildman–Crippen MR) is 61.9 cm³/mol. The van der Waals surface area contributed by atoms with Gasteiger partial charge in [0.25, 0.3) is 0 Å². The summed E-state index contributed by atoms with van der Waals surface area (Å²) in [6, 6.07) is 7.07. The van der Waals surface area contributed by atoms with Crippen molar-refractivity contribution in [2.45, 2.75) is 19.1 Å². The minimum Gasteiger partial charge on any atom is -0.398 e. The maximum Gasteiger partial charge on any atom is 0.406 e. The van der Waals surface area contributed by atoms with Crippen LogP contribution in [0.2, 0.25) is 0 Å². The summed E-state index contributed by atoms with van der Waals surface area (Å²) >= 11 is 0. The number of nitrogens with zero attached hydrogens (tertiary/aromatic N) is 2. The Bertz CT molecular complexity index is 531. The molecule has 2 N–H and O–H groups in total. The summed E-state index contributed by atoms with van der Waals surface area (Å²) < 4.78 is 38.1. The second-order valence-corrected chi connectivity index (χ2v) is 3.96. The molecule has 0 amide bonds. The third-order valence-electron chi connectivity index (χ3n) is 2.55. The molecule has 6 heteroatoms. The molecule has 1 aromatic heterocycles. The molecule has 0 fully saturated rings. The van der Waals surface area contributed by atoms with Crippen LogP contribution in [0, 0.1) is 0 Å². The first-order valence-corrected chi connectivity index (χ1v) is 5.36. The van der Waals surface area contributed by atoms with Crippen LogP contribution in [0.25, 0.3) is 0 Å². The van der Waals surface area contributed by atoms with Crippen LogP contribution in [0.4, 0.5) is 18.9 Å². The van der Waals surface area contributed by atoms with E-state index in [1.54, 1.807) is 24.3 Å². The number of nitrogen functional groups attached to an aromatic ring is 1. The van der Waals surface area contributed by atoms with E-state index in [9.17, 15) is 13.2 Å². The number of hydrogen-bond donors (Lipinski definition) is 1. The fourth-order valence-electron chi connectivity index (χ4n) is 1.71. The number of aromatic nitrogens is 2. The number of hydrogen-bond acceptors (Lipinski definition) is 2.